The minimum absolute atomic E-state index is 0.247. The fraction of sp³-hybridized carbons (Fsp3) is 0.111. The minimum atomic E-state index is -0.272. The van der Waals surface area contributed by atoms with E-state index in [9.17, 15) is 4.79 Å². The van der Waals surface area contributed by atoms with Crippen LogP contribution in [0.25, 0.3) is 10.9 Å². The molecule has 1 aromatic heterocycles. The molecule has 0 unspecified atom stereocenters. The zero-order chi connectivity index (χ0) is 10.8. The highest BCUT2D eigenvalue weighted by atomic mass is 16.1. The molecule has 2 rings (SSSR count). The first-order valence-corrected chi connectivity index (χ1v) is 4.43. The number of fused-ring (bicyclic) bond motifs is 1. The Morgan fingerprint density at radius 3 is 2.87 bits per heavy atom. The second kappa shape index (κ2) is 3.68. The number of rotatable bonds is 2. The number of hydrazine groups is 1. The molecule has 5 N–H and O–H groups in total. The molecular formula is C9H11N5O. The molecule has 2 aromatic rings. The van der Waals surface area contributed by atoms with Crippen LogP contribution in [0.5, 0.6) is 0 Å². The summed E-state index contributed by atoms with van der Waals surface area (Å²) in [5.41, 5.74) is 2.76. The maximum atomic E-state index is 11.8. The molecule has 6 heteroatoms. The molecule has 0 aliphatic rings. The van der Waals surface area contributed by atoms with Crippen LogP contribution in [0.2, 0.25) is 0 Å². The third-order valence-electron chi connectivity index (χ3n) is 2.14. The number of nitrogens with zero attached hydrogens (tertiary/aromatic N) is 2. The Morgan fingerprint density at radius 2 is 2.13 bits per heavy atom. The summed E-state index contributed by atoms with van der Waals surface area (Å²) in [6, 6.07) is 7.03. The third kappa shape index (κ3) is 1.56. The quantitative estimate of drug-likeness (QED) is 0.434. The van der Waals surface area contributed by atoms with Gasteiger partial charge in [0.15, 0.2) is 0 Å². The van der Waals surface area contributed by atoms with Gasteiger partial charge in [0.2, 0.25) is 0 Å². The standard InChI is InChI=1S/C9H11N5O/c10-12-5-8-13-7-4-2-1-3-6(7)9(15)14(8)11/h1-4,12H,5,10-11H2. The van der Waals surface area contributed by atoms with Crippen LogP contribution in [0, 0.1) is 0 Å². The van der Waals surface area contributed by atoms with Crippen LogP contribution in [0.15, 0.2) is 29.1 Å². The largest absolute Gasteiger partial charge is 0.335 e. The maximum absolute atomic E-state index is 11.8. The lowest BCUT2D eigenvalue weighted by Crippen LogP contribution is -2.35. The van der Waals surface area contributed by atoms with Gasteiger partial charge in [-0.1, -0.05) is 12.1 Å². The smallest absolute Gasteiger partial charge is 0.279 e. The average Bonchev–Trinajstić information content (AvgIpc) is 2.26. The van der Waals surface area contributed by atoms with Crippen molar-refractivity contribution in [2.24, 2.45) is 5.84 Å². The predicted octanol–water partition coefficient (Wildman–Crippen LogP) is -0.926. The second-order valence-corrected chi connectivity index (χ2v) is 3.10. The molecule has 15 heavy (non-hydrogen) atoms. The summed E-state index contributed by atoms with van der Waals surface area (Å²) in [4.78, 5) is 16.0. The molecule has 0 aliphatic carbocycles. The van der Waals surface area contributed by atoms with E-state index in [1.54, 1.807) is 18.2 Å². The highest BCUT2D eigenvalue weighted by molar-refractivity contribution is 5.77. The number of hydrogen-bond acceptors (Lipinski definition) is 5. The van der Waals surface area contributed by atoms with Gasteiger partial charge in [-0.2, -0.15) is 0 Å². The number of aromatic nitrogens is 2. The van der Waals surface area contributed by atoms with Gasteiger partial charge in [0.25, 0.3) is 5.56 Å². The van der Waals surface area contributed by atoms with Gasteiger partial charge in [0, 0.05) is 0 Å². The van der Waals surface area contributed by atoms with Gasteiger partial charge in [0.05, 0.1) is 17.4 Å². The van der Waals surface area contributed by atoms with Gasteiger partial charge in [-0.25, -0.2) is 9.66 Å². The average molecular weight is 205 g/mol. The molecule has 0 fully saturated rings. The van der Waals surface area contributed by atoms with Gasteiger partial charge in [-0.15, -0.1) is 0 Å². The number of nitrogen functional groups attached to an aromatic ring is 1. The van der Waals surface area contributed by atoms with Crippen molar-refractivity contribution in [2.75, 3.05) is 5.84 Å². The van der Waals surface area contributed by atoms with E-state index < -0.39 is 0 Å². The molecule has 0 saturated carbocycles. The summed E-state index contributed by atoms with van der Waals surface area (Å²) in [5.74, 6) is 11.1. The van der Waals surface area contributed by atoms with Gasteiger partial charge in [-0.3, -0.25) is 16.1 Å². The molecule has 78 valence electrons. The first kappa shape index (κ1) is 9.63. The van der Waals surface area contributed by atoms with Crippen molar-refractivity contribution in [1.82, 2.24) is 15.1 Å². The van der Waals surface area contributed by atoms with E-state index in [4.69, 9.17) is 11.7 Å². The molecule has 1 heterocycles. The monoisotopic (exact) mass is 205 g/mol. The second-order valence-electron chi connectivity index (χ2n) is 3.10. The SMILES string of the molecule is NNCc1nc2ccccc2c(=O)n1N. The Kier molecular flexibility index (Phi) is 2.36. The molecule has 0 atom stereocenters. The van der Waals surface area contributed by atoms with Crippen LogP contribution in [0.4, 0.5) is 0 Å². The molecule has 0 amide bonds. The molecule has 0 aliphatic heterocycles. The van der Waals surface area contributed by atoms with E-state index in [2.05, 4.69) is 10.4 Å². The highest BCUT2D eigenvalue weighted by Crippen LogP contribution is 2.05. The number of nitrogens with one attached hydrogen (secondary N) is 1. The summed E-state index contributed by atoms with van der Waals surface area (Å²) >= 11 is 0. The predicted molar refractivity (Wildman–Crippen MR) is 57.2 cm³/mol. The Bertz CT molecular complexity index is 548. The van der Waals surface area contributed by atoms with E-state index in [1.165, 1.54) is 0 Å². The number of para-hydroxylation sites is 1. The van der Waals surface area contributed by atoms with Crippen LogP contribution < -0.4 is 22.7 Å². The Labute approximate surface area is 85.5 Å². The van der Waals surface area contributed by atoms with Gasteiger partial charge in [-0.05, 0) is 12.1 Å². The lowest BCUT2D eigenvalue weighted by molar-refractivity contribution is 0.663. The van der Waals surface area contributed by atoms with Crippen molar-refractivity contribution in [3.8, 4) is 0 Å². The topological polar surface area (TPSA) is 99.0 Å². The maximum Gasteiger partial charge on any atom is 0.279 e. The van der Waals surface area contributed by atoms with Gasteiger partial charge >= 0.3 is 0 Å². The first-order valence-electron chi connectivity index (χ1n) is 4.43. The number of benzene rings is 1. The third-order valence-corrected chi connectivity index (χ3v) is 2.14. The van der Waals surface area contributed by atoms with Crippen molar-refractivity contribution < 1.29 is 0 Å². The molecule has 0 bridgehead atoms. The lowest BCUT2D eigenvalue weighted by atomic mass is 10.2. The Morgan fingerprint density at radius 1 is 1.40 bits per heavy atom. The molecule has 0 spiro atoms. The minimum Gasteiger partial charge on any atom is -0.335 e. The summed E-state index contributed by atoms with van der Waals surface area (Å²) < 4.78 is 1.00. The van der Waals surface area contributed by atoms with Crippen molar-refractivity contribution in [2.45, 2.75) is 6.54 Å². The van der Waals surface area contributed by atoms with E-state index in [0.717, 1.165) is 4.68 Å². The molecule has 0 radical (unpaired) electrons. The Balaban J connectivity index is 2.77. The van der Waals surface area contributed by atoms with E-state index in [1.807, 2.05) is 6.07 Å². The first-order chi connectivity index (χ1) is 7.24. The normalized spacial score (nSPS) is 10.7. The Hall–Kier alpha value is -1.92. The fourth-order valence-corrected chi connectivity index (χ4v) is 1.41. The zero-order valence-corrected chi connectivity index (χ0v) is 7.97. The van der Waals surface area contributed by atoms with Gasteiger partial charge < -0.3 is 5.84 Å². The molecule has 0 saturated heterocycles. The van der Waals surface area contributed by atoms with Crippen molar-refractivity contribution in [3.05, 3.63) is 40.4 Å². The molecule has 6 nitrogen and oxygen atoms in total. The van der Waals surface area contributed by atoms with Crippen molar-refractivity contribution in [3.63, 3.8) is 0 Å². The van der Waals surface area contributed by atoms with Gasteiger partial charge in [0.1, 0.15) is 5.82 Å². The van der Waals surface area contributed by atoms with Crippen molar-refractivity contribution >= 4 is 10.9 Å². The van der Waals surface area contributed by atoms with E-state index in [-0.39, 0.29) is 12.1 Å². The van der Waals surface area contributed by atoms with Crippen LogP contribution >= 0.6 is 0 Å². The van der Waals surface area contributed by atoms with E-state index in [0.29, 0.717) is 16.7 Å². The number of nitrogens with two attached hydrogens (primary N) is 2. The van der Waals surface area contributed by atoms with E-state index >= 15 is 0 Å². The van der Waals surface area contributed by atoms with Crippen LogP contribution in [0.1, 0.15) is 5.82 Å². The lowest BCUT2D eigenvalue weighted by Gasteiger charge is -2.07. The highest BCUT2D eigenvalue weighted by Gasteiger charge is 2.06. The molecular weight excluding hydrogens is 194 g/mol. The summed E-state index contributed by atoms with van der Waals surface area (Å²) in [5, 5.41) is 0.501. The van der Waals surface area contributed by atoms with Crippen molar-refractivity contribution in [1.29, 1.82) is 0 Å². The summed E-state index contributed by atoms with van der Waals surface area (Å²) in [6.07, 6.45) is 0. The van der Waals surface area contributed by atoms with Crippen LogP contribution in [-0.4, -0.2) is 9.66 Å². The zero-order valence-electron chi connectivity index (χ0n) is 7.97. The van der Waals surface area contributed by atoms with Crippen LogP contribution in [-0.2, 0) is 6.54 Å². The summed E-state index contributed by atoms with van der Waals surface area (Å²) in [6.45, 7) is 0.247. The molecule has 1 aromatic carbocycles. The fourth-order valence-electron chi connectivity index (χ4n) is 1.41. The number of hydrogen-bond donors (Lipinski definition) is 3. The van der Waals surface area contributed by atoms with Crippen LogP contribution in [0.3, 0.4) is 0 Å². The summed E-state index contributed by atoms with van der Waals surface area (Å²) in [7, 11) is 0.